The molecule has 0 aliphatic rings. The van der Waals surface area contributed by atoms with E-state index in [-0.39, 0.29) is 18.6 Å². The average molecular weight is 457 g/mol. The summed E-state index contributed by atoms with van der Waals surface area (Å²) in [6, 6.07) is 2.75. The van der Waals surface area contributed by atoms with Gasteiger partial charge in [-0.3, -0.25) is 14.4 Å². The van der Waals surface area contributed by atoms with Crippen molar-refractivity contribution < 1.29 is 34.5 Å². The number of carbonyl (C=O) groups excluding carboxylic acids is 3. The third kappa shape index (κ3) is 9.68. The van der Waals surface area contributed by atoms with Gasteiger partial charge in [0.05, 0.1) is 19.2 Å². The first kappa shape index (κ1) is 26.2. The molecule has 0 aromatic heterocycles. The number of thioether (sulfide) groups is 1. The van der Waals surface area contributed by atoms with Gasteiger partial charge in [0.15, 0.2) is 0 Å². The molecule has 1 aromatic rings. The molecule has 0 bridgehead atoms. The molecule has 31 heavy (non-hydrogen) atoms. The Labute approximate surface area is 183 Å². The summed E-state index contributed by atoms with van der Waals surface area (Å²) < 4.78 is 0. The zero-order valence-electron chi connectivity index (χ0n) is 17.0. The van der Waals surface area contributed by atoms with E-state index in [1.54, 1.807) is 18.4 Å². The van der Waals surface area contributed by atoms with E-state index in [9.17, 15) is 24.3 Å². The molecule has 0 saturated carbocycles. The summed E-state index contributed by atoms with van der Waals surface area (Å²) in [5.41, 5.74) is 6.57. The minimum absolute atomic E-state index is 0.0900. The van der Waals surface area contributed by atoms with Crippen molar-refractivity contribution >= 4 is 35.5 Å². The summed E-state index contributed by atoms with van der Waals surface area (Å²) >= 11 is 1.43. The highest BCUT2D eigenvalue weighted by molar-refractivity contribution is 7.98. The highest BCUT2D eigenvalue weighted by atomic mass is 32.2. The van der Waals surface area contributed by atoms with E-state index in [1.165, 1.54) is 23.9 Å². The molecule has 12 heteroatoms. The highest BCUT2D eigenvalue weighted by Crippen LogP contribution is 2.10. The summed E-state index contributed by atoms with van der Waals surface area (Å²) in [6.07, 6.45) is 2.23. The Morgan fingerprint density at radius 1 is 1.06 bits per heavy atom. The molecule has 172 valence electrons. The van der Waals surface area contributed by atoms with E-state index in [0.29, 0.717) is 5.75 Å². The molecule has 0 aliphatic carbocycles. The third-order valence-corrected chi connectivity index (χ3v) is 4.86. The van der Waals surface area contributed by atoms with Gasteiger partial charge in [-0.15, -0.1) is 0 Å². The van der Waals surface area contributed by atoms with Gasteiger partial charge in [-0.25, -0.2) is 4.79 Å². The number of hydrogen-bond donors (Lipinski definition) is 7. The minimum atomic E-state index is -1.49. The Kier molecular flexibility index (Phi) is 11.4. The molecule has 11 nitrogen and oxygen atoms in total. The monoisotopic (exact) mass is 456 g/mol. The largest absolute Gasteiger partial charge is 0.508 e. The lowest BCUT2D eigenvalue weighted by Crippen LogP contribution is -2.54. The van der Waals surface area contributed by atoms with Crippen molar-refractivity contribution in [2.75, 3.05) is 25.2 Å². The van der Waals surface area contributed by atoms with E-state index < -0.39 is 55.0 Å². The van der Waals surface area contributed by atoms with Crippen LogP contribution in [0.5, 0.6) is 5.75 Å². The van der Waals surface area contributed by atoms with Crippen molar-refractivity contribution in [3.05, 3.63) is 29.8 Å². The Bertz CT molecular complexity index is 760. The molecule has 0 heterocycles. The SMILES string of the molecule is CSCCC(NC(=O)CNC(=O)C(N)Cc1ccc(O)cc1)C(=O)NC(CO)C(=O)O. The molecule has 3 unspecified atom stereocenters. The lowest BCUT2D eigenvalue weighted by molar-refractivity contribution is -0.143. The van der Waals surface area contributed by atoms with Crippen LogP contribution in [-0.4, -0.2) is 82.3 Å². The van der Waals surface area contributed by atoms with E-state index in [4.69, 9.17) is 15.9 Å². The fourth-order valence-electron chi connectivity index (χ4n) is 2.48. The standard InChI is InChI=1S/C19H28N4O7S/c1-31-7-6-14(18(28)23-15(10-24)19(29)30)22-16(26)9-21-17(27)13(20)8-11-2-4-12(25)5-3-11/h2-5,13-15,24-25H,6-10,20H2,1H3,(H,21,27)(H,22,26)(H,23,28)(H,29,30). The number of nitrogens with two attached hydrogens (primary N) is 1. The maximum Gasteiger partial charge on any atom is 0.328 e. The van der Waals surface area contributed by atoms with Gasteiger partial charge in [0.25, 0.3) is 0 Å². The van der Waals surface area contributed by atoms with Crippen LogP contribution in [0.2, 0.25) is 0 Å². The molecule has 8 N–H and O–H groups in total. The minimum Gasteiger partial charge on any atom is -0.508 e. The van der Waals surface area contributed by atoms with Crippen LogP contribution in [0.4, 0.5) is 0 Å². The van der Waals surface area contributed by atoms with E-state index in [0.717, 1.165) is 5.56 Å². The Morgan fingerprint density at radius 3 is 2.26 bits per heavy atom. The number of amides is 3. The molecular weight excluding hydrogens is 428 g/mol. The van der Waals surface area contributed by atoms with Crippen LogP contribution in [0.15, 0.2) is 24.3 Å². The van der Waals surface area contributed by atoms with Gasteiger partial charge < -0.3 is 37.0 Å². The van der Waals surface area contributed by atoms with Crippen molar-refractivity contribution in [3.8, 4) is 5.75 Å². The number of hydrogen-bond acceptors (Lipinski definition) is 8. The molecule has 3 amide bonds. The Balaban J connectivity index is 2.57. The average Bonchev–Trinajstić information content (AvgIpc) is 2.74. The van der Waals surface area contributed by atoms with Gasteiger partial charge in [0, 0.05) is 0 Å². The molecule has 0 fully saturated rings. The Morgan fingerprint density at radius 2 is 1.71 bits per heavy atom. The second-order valence-electron chi connectivity index (χ2n) is 6.68. The molecule has 0 spiro atoms. The van der Waals surface area contributed by atoms with Crippen LogP contribution >= 0.6 is 11.8 Å². The first-order chi connectivity index (χ1) is 14.7. The fourth-order valence-corrected chi connectivity index (χ4v) is 2.96. The number of aromatic hydroxyl groups is 1. The number of rotatable bonds is 13. The van der Waals surface area contributed by atoms with Gasteiger partial charge in [-0.2, -0.15) is 11.8 Å². The van der Waals surface area contributed by atoms with Crippen LogP contribution in [0.1, 0.15) is 12.0 Å². The van der Waals surface area contributed by atoms with E-state index in [2.05, 4.69) is 16.0 Å². The van der Waals surface area contributed by atoms with Crippen LogP contribution in [-0.2, 0) is 25.6 Å². The number of carboxylic acids is 1. The summed E-state index contributed by atoms with van der Waals surface area (Å²) in [6.45, 7) is -1.22. The predicted molar refractivity (Wildman–Crippen MR) is 114 cm³/mol. The quantitative estimate of drug-likeness (QED) is 0.179. The van der Waals surface area contributed by atoms with Crippen molar-refractivity contribution in [3.63, 3.8) is 0 Å². The zero-order chi connectivity index (χ0) is 23.4. The first-order valence-corrected chi connectivity index (χ1v) is 10.8. The second kappa shape index (κ2) is 13.5. The number of aliphatic hydroxyl groups excluding tert-OH is 1. The van der Waals surface area contributed by atoms with Gasteiger partial charge in [0.1, 0.15) is 17.8 Å². The number of carbonyl (C=O) groups is 4. The van der Waals surface area contributed by atoms with E-state index in [1.807, 2.05) is 0 Å². The number of nitrogens with one attached hydrogen (secondary N) is 3. The van der Waals surface area contributed by atoms with E-state index >= 15 is 0 Å². The molecule has 0 radical (unpaired) electrons. The topological polar surface area (TPSA) is 191 Å². The highest BCUT2D eigenvalue weighted by Gasteiger charge is 2.26. The molecular formula is C19H28N4O7S. The molecule has 1 aromatic carbocycles. The van der Waals surface area contributed by atoms with Crippen molar-refractivity contribution in [2.45, 2.75) is 31.0 Å². The number of phenols is 1. The number of phenolic OH excluding ortho intramolecular Hbond substituents is 1. The van der Waals surface area contributed by atoms with Crippen molar-refractivity contribution in [2.24, 2.45) is 5.73 Å². The molecule has 0 saturated heterocycles. The molecule has 0 aliphatic heterocycles. The van der Waals surface area contributed by atoms with Crippen molar-refractivity contribution in [1.29, 1.82) is 0 Å². The lowest BCUT2D eigenvalue weighted by Gasteiger charge is -2.21. The van der Waals surface area contributed by atoms with Crippen LogP contribution in [0.25, 0.3) is 0 Å². The van der Waals surface area contributed by atoms with Gasteiger partial charge in [-0.1, -0.05) is 12.1 Å². The first-order valence-electron chi connectivity index (χ1n) is 9.41. The third-order valence-electron chi connectivity index (χ3n) is 4.21. The maximum atomic E-state index is 12.3. The van der Waals surface area contributed by atoms with Crippen molar-refractivity contribution in [1.82, 2.24) is 16.0 Å². The number of aliphatic hydroxyl groups is 1. The fraction of sp³-hybridized carbons (Fsp3) is 0.474. The number of benzene rings is 1. The smallest absolute Gasteiger partial charge is 0.328 e. The number of carboxylic acid groups (broad SMARTS) is 1. The molecule has 1 rings (SSSR count). The summed E-state index contributed by atoms with van der Waals surface area (Å²) in [7, 11) is 0. The molecule has 3 atom stereocenters. The Hall–Kier alpha value is -2.83. The summed E-state index contributed by atoms with van der Waals surface area (Å²) in [4.78, 5) is 47.6. The van der Waals surface area contributed by atoms with Gasteiger partial charge in [-0.05, 0) is 42.5 Å². The normalized spacial score (nSPS) is 13.5. The van der Waals surface area contributed by atoms with Crippen LogP contribution in [0, 0.1) is 0 Å². The van der Waals surface area contributed by atoms with Gasteiger partial charge >= 0.3 is 5.97 Å². The van der Waals surface area contributed by atoms with Crippen LogP contribution < -0.4 is 21.7 Å². The maximum absolute atomic E-state index is 12.3. The summed E-state index contributed by atoms with van der Waals surface area (Å²) in [5.74, 6) is -2.77. The number of aliphatic carboxylic acids is 1. The van der Waals surface area contributed by atoms with Gasteiger partial charge in [0.2, 0.25) is 17.7 Å². The summed E-state index contributed by atoms with van der Waals surface area (Å²) in [5, 5.41) is 34.3. The lowest BCUT2D eigenvalue weighted by atomic mass is 10.1. The second-order valence-corrected chi connectivity index (χ2v) is 7.66. The predicted octanol–water partition coefficient (Wildman–Crippen LogP) is -1.82. The van der Waals surface area contributed by atoms with Crippen LogP contribution in [0.3, 0.4) is 0 Å². The zero-order valence-corrected chi connectivity index (χ0v) is 17.9.